The predicted molar refractivity (Wildman–Crippen MR) is 315 cm³/mol. The van der Waals surface area contributed by atoms with Crippen molar-refractivity contribution in [1.82, 2.24) is 0 Å². The van der Waals surface area contributed by atoms with Gasteiger partial charge in [-0.1, -0.05) is 182 Å². The van der Waals surface area contributed by atoms with Crippen LogP contribution >= 0.6 is 15.9 Å². The lowest BCUT2D eigenvalue weighted by atomic mass is 9.82. The van der Waals surface area contributed by atoms with E-state index >= 15 is 0 Å². The number of halogens is 1. The highest BCUT2D eigenvalue weighted by molar-refractivity contribution is 9.10. The van der Waals surface area contributed by atoms with Gasteiger partial charge < -0.3 is 14.7 Å². The lowest BCUT2D eigenvalue weighted by Gasteiger charge is -2.34. The summed E-state index contributed by atoms with van der Waals surface area (Å²) >= 11 is 4.39. The van der Waals surface area contributed by atoms with E-state index in [9.17, 15) is 0 Å². The Labute approximate surface area is 440 Å². The van der Waals surface area contributed by atoms with Crippen molar-refractivity contribution in [2.75, 3.05) is 14.7 Å². The van der Waals surface area contributed by atoms with Crippen molar-refractivity contribution in [1.29, 1.82) is 0 Å². The van der Waals surface area contributed by atoms with Gasteiger partial charge in [0.05, 0.1) is 15.8 Å². The Hall–Kier alpha value is -6.36. The maximum absolute atomic E-state index is 4.39. The van der Waals surface area contributed by atoms with Crippen LogP contribution in [0.15, 0.2) is 180 Å². The molecule has 0 saturated carbocycles. The van der Waals surface area contributed by atoms with Crippen molar-refractivity contribution in [3.63, 3.8) is 0 Å². The number of fused-ring (bicyclic) bond motifs is 3. The number of hydrogen-bond donors (Lipinski definition) is 0. The second kappa shape index (κ2) is 18.6. The van der Waals surface area contributed by atoms with Crippen molar-refractivity contribution < 1.29 is 0 Å². The van der Waals surface area contributed by atoms with Crippen LogP contribution in [0.2, 0.25) is 0 Å². The minimum atomic E-state index is -0.159. The lowest BCUT2D eigenvalue weighted by Crippen LogP contribution is -2.18. The Morgan fingerprint density at radius 3 is 1.19 bits per heavy atom. The summed E-state index contributed by atoms with van der Waals surface area (Å²) in [6.45, 7) is 34.4. The molecule has 0 amide bonds. The molecule has 0 N–H and O–H groups in total. The molecule has 0 radical (unpaired) electrons. The van der Waals surface area contributed by atoms with Crippen molar-refractivity contribution in [2.45, 2.75) is 131 Å². The fourth-order valence-electron chi connectivity index (χ4n) is 10.4. The number of nitrogens with zero attached hydrogens (tertiary/aromatic N) is 3. The van der Waals surface area contributed by atoms with Gasteiger partial charge in [0.25, 0.3) is 0 Å². The molecular formula is C68H74BrN3. The summed E-state index contributed by atoms with van der Waals surface area (Å²) in [5, 5.41) is 0. The molecule has 0 atom stereocenters. The van der Waals surface area contributed by atoms with E-state index in [0.29, 0.717) is 0 Å². The van der Waals surface area contributed by atoms with Crippen LogP contribution in [0.5, 0.6) is 0 Å². The molecule has 0 aliphatic heterocycles. The minimum Gasteiger partial charge on any atom is -0.310 e. The van der Waals surface area contributed by atoms with Crippen LogP contribution < -0.4 is 14.7 Å². The number of benzene rings is 8. The molecule has 4 heteroatoms. The number of anilines is 9. The molecule has 1 aliphatic rings. The molecule has 0 unspecified atom stereocenters. The second-order valence-corrected chi connectivity index (χ2v) is 25.5. The number of rotatable bonds is 9. The Morgan fingerprint density at radius 1 is 0.333 bits per heavy atom. The van der Waals surface area contributed by atoms with Crippen LogP contribution in [0.4, 0.5) is 51.2 Å². The lowest BCUT2D eigenvalue weighted by molar-refractivity contribution is 0.590. The minimum absolute atomic E-state index is 0.000168. The first-order chi connectivity index (χ1) is 33.8. The smallest absolute Gasteiger partial charge is 0.0657 e. The molecule has 9 rings (SSSR count). The molecule has 0 fully saturated rings. The fourth-order valence-corrected chi connectivity index (χ4v) is 11.0. The quantitative estimate of drug-likeness (QED) is 0.143. The van der Waals surface area contributed by atoms with Gasteiger partial charge in [-0.15, -0.1) is 0 Å². The molecule has 368 valence electrons. The molecule has 0 heterocycles. The Morgan fingerprint density at radius 2 is 0.708 bits per heavy atom. The third kappa shape index (κ3) is 9.80. The molecule has 0 spiro atoms. The van der Waals surface area contributed by atoms with Gasteiger partial charge in [0, 0.05) is 45.2 Å². The van der Waals surface area contributed by atoms with E-state index in [0.717, 1.165) is 61.2 Å². The van der Waals surface area contributed by atoms with E-state index in [2.05, 4.69) is 310 Å². The summed E-state index contributed by atoms with van der Waals surface area (Å²) in [7, 11) is 0. The SMILES string of the molecule is Cc1cc(N(c2ccc(C(C)(C)C)cc2)c2cccc(N(c3ccc(C(C)(C)C)cc3)c3ccc(C(C)(C)C)cc3)c2)c(Br)c(N(c2cccc(C(C)(C)C)c2)c2ccc3c(c2)C(C)(C)c2ccccc2-3)c1. The zero-order valence-electron chi connectivity index (χ0n) is 45.5. The van der Waals surface area contributed by atoms with Crippen LogP contribution in [0.3, 0.4) is 0 Å². The molecule has 0 bridgehead atoms. The molecule has 8 aromatic rings. The average molecular weight is 1010 g/mol. The van der Waals surface area contributed by atoms with Gasteiger partial charge in [0.15, 0.2) is 0 Å². The zero-order valence-corrected chi connectivity index (χ0v) is 47.0. The number of aryl methyl sites for hydroxylation is 1. The van der Waals surface area contributed by atoms with Gasteiger partial charge in [-0.05, 0) is 186 Å². The first-order valence-corrected chi connectivity index (χ1v) is 26.6. The largest absolute Gasteiger partial charge is 0.310 e. The van der Waals surface area contributed by atoms with Crippen LogP contribution in [0, 0.1) is 6.92 Å². The molecule has 8 aromatic carbocycles. The molecule has 3 nitrogen and oxygen atoms in total. The maximum Gasteiger partial charge on any atom is 0.0657 e. The van der Waals surface area contributed by atoms with Crippen molar-refractivity contribution >= 4 is 67.1 Å². The topological polar surface area (TPSA) is 9.72 Å². The van der Waals surface area contributed by atoms with E-state index in [1.807, 2.05) is 0 Å². The molecule has 0 aromatic heterocycles. The monoisotopic (exact) mass is 1010 g/mol. The third-order valence-electron chi connectivity index (χ3n) is 14.8. The highest BCUT2D eigenvalue weighted by Gasteiger charge is 2.36. The third-order valence-corrected chi connectivity index (χ3v) is 15.6. The van der Waals surface area contributed by atoms with Gasteiger partial charge in [0.1, 0.15) is 0 Å². The summed E-state index contributed by atoms with van der Waals surface area (Å²) in [6, 6.07) is 66.3. The molecule has 1 aliphatic carbocycles. The van der Waals surface area contributed by atoms with Crippen molar-refractivity contribution in [3.05, 3.63) is 219 Å². The van der Waals surface area contributed by atoms with E-state index in [4.69, 9.17) is 0 Å². The average Bonchev–Trinajstić information content (AvgIpc) is 3.55. The summed E-state index contributed by atoms with van der Waals surface area (Å²) in [5.74, 6) is 0. The van der Waals surface area contributed by atoms with Crippen LogP contribution in [0.25, 0.3) is 11.1 Å². The fraction of sp³-hybridized carbons (Fsp3) is 0.294. The predicted octanol–water partition coefficient (Wildman–Crippen LogP) is 20.7. The number of hydrogen-bond acceptors (Lipinski definition) is 3. The van der Waals surface area contributed by atoms with Gasteiger partial charge in [-0.3, -0.25) is 0 Å². The molecule has 72 heavy (non-hydrogen) atoms. The van der Waals surface area contributed by atoms with Crippen LogP contribution in [-0.4, -0.2) is 0 Å². The van der Waals surface area contributed by atoms with Gasteiger partial charge >= 0.3 is 0 Å². The van der Waals surface area contributed by atoms with E-state index < -0.39 is 0 Å². The Bertz CT molecular complexity index is 3200. The summed E-state index contributed by atoms with van der Waals surface area (Å²) < 4.78 is 0.995. The van der Waals surface area contributed by atoms with Crippen LogP contribution in [-0.2, 0) is 27.1 Å². The van der Waals surface area contributed by atoms with E-state index in [1.165, 1.54) is 44.5 Å². The van der Waals surface area contributed by atoms with E-state index in [1.54, 1.807) is 0 Å². The highest BCUT2D eigenvalue weighted by Crippen LogP contribution is 2.53. The Kier molecular flexibility index (Phi) is 13.1. The molecular weight excluding hydrogens is 939 g/mol. The maximum atomic E-state index is 4.39. The van der Waals surface area contributed by atoms with Gasteiger partial charge in [0.2, 0.25) is 0 Å². The standard InChI is InChI=1S/C68H74BrN3/c1-45-40-61(63(69)62(41-45)72(53-21-18-20-49(42-53)67(11,12)13)56-38-39-58-57-24-16-17-25-59(57)68(14,15)60(58)44-56)71(52-36-30-48(31-37-52)66(8,9)10)55-23-19-22-54(43-55)70(50-32-26-46(27-33-50)64(2,3)4)51-34-28-47(29-35-51)65(5,6)7/h16-44H,1-15H3. The first kappa shape index (κ1) is 50.6. The van der Waals surface area contributed by atoms with E-state index in [-0.39, 0.29) is 27.1 Å². The molecule has 0 saturated heterocycles. The Balaban J connectivity index is 1.26. The zero-order chi connectivity index (χ0) is 51.7. The highest BCUT2D eigenvalue weighted by atomic mass is 79.9. The summed E-state index contributed by atoms with van der Waals surface area (Å²) in [5.41, 5.74) is 21.3. The second-order valence-electron chi connectivity index (χ2n) is 24.7. The normalized spacial score (nSPS) is 13.4. The van der Waals surface area contributed by atoms with Crippen molar-refractivity contribution in [2.24, 2.45) is 0 Å². The van der Waals surface area contributed by atoms with Gasteiger partial charge in [-0.25, -0.2) is 0 Å². The summed E-state index contributed by atoms with van der Waals surface area (Å²) in [6.07, 6.45) is 0. The van der Waals surface area contributed by atoms with Crippen LogP contribution in [0.1, 0.15) is 136 Å². The summed E-state index contributed by atoms with van der Waals surface area (Å²) in [4.78, 5) is 7.31. The van der Waals surface area contributed by atoms with Gasteiger partial charge in [-0.2, -0.15) is 0 Å². The van der Waals surface area contributed by atoms with Crippen molar-refractivity contribution in [3.8, 4) is 11.1 Å². The first-order valence-electron chi connectivity index (χ1n) is 25.8.